The van der Waals surface area contributed by atoms with E-state index in [4.69, 9.17) is 21.1 Å². The van der Waals surface area contributed by atoms with Crippen LogP contribution in [0.25, 0.3) is 0 Å². The van der Waals surface area contributed by atoms with E-state index in [1.54, 1.807) is 18.2 Å². The van der Waals surface area contributed by atoms with Gasteiger partial charge in [-0.25, -0.2) is 4.98 Å². The number of pyridine rings is 1. The number of ether oxygens (including phenoxy) is 2. The summed E-state index contributed by atoms with van der Waals surface area (Å²) in [4.78, 5) is 14.4. The molecule has 0 atom stereocenters. The summed E-state index contributed by atoms with van der Waals surface area (Å²) in [5.74, 6) is 1.18. The van der Waals surface area contributed by atoms with Gasteiger partial charge in [-0.15, -0.1) is 0 Å². The van der Waals surface area contributed by atoms with Gasteiger partial charge in [0.25, 0.3) is 0 Å². The van der Waals surface area contributed by atoms with Gasteiger partial charge in [0.2, 0.25) is 5.82 Å². The van der Waals surface area contributed by atoms with E-state index < -0.39 is 4.92 Å². The standard InChI is InChI=1S/C21H19ClN4O4/c1-2-29-20-12-15(13-24-25-21-18(26(27)28)8-5-11-23-21)9-10-19(20)30-14-16-6-3-4-7-17(16)22/h3-13H,2,14H2,1H3,(H,23,25)/b24-13-. The van der Waals surface area contributed by atoms with Crippen molar-refractivity contribution in [3.05, 3.63) is 87.1 Å². The lowest BCUT2D eigenvalue weighted by atomic mass is 10.2. The van der Waals surface area contributed by atoms with Gasteiger partial charge in [0.05, 0.1) is 17.7 Å². The summed E-state index contributed by atoms with van der Waals surface area (Å²) in [6, 6.07) is 15.6. The van der Waals surface area contributed by atoms with Crippen LogP contribution in [0.5, 0.6) is 11.5 Å². The average Bonchev–Trinajstić information content (AvgIpc) is 2.74. The van der Waals surface area contributed by atoms with E-state index in [0.717, 1.165) is 11.1 Å². The van der Waals surface area contributed by atoms with Crippen LogP contribution in [0.1, 0.15) is 18.1 Å². The molecule has 8 nitrogen and oxygen atoms in total. The normalized spacial score (nSPS) is 10.7. The molecule has 9 heteroatoms. The first-order valence-electron chi connectivity index (χ1n) is 9.10. The number of nitrogens with zero attached hydrogens (tertiary/aromatic N) is 3. The SMILES string of the molecule is CCOc1cc(/C=N\Nc2ncccc2[N+](=O)[O-])ccc1OCc1ccccc1Cl. The second-order valence-electron chi connectivity index (χ2n) is 6.02. The number of anilines is 1. The Labute approximate surface area is 178 Å². The zero-order valence-corrected chi connectivity index (χ0v) is 16.9. The fourth-order valence-electron chi connectivity index (χ4n) is 2.56. The summed E-state index contributed by atoms with van der Waals surface area (Å²) in [7, 11) is 0. The first-order valence-corrected chi connectivity index (χ1v) is 9.47. The molecule has 2 aromatic carbocycles. The molecule has 1 N–H and O–H groups in total. The van der Waals surface area contributed by atoms with Crippen LogP contribution < -0.4 is 14.9 Å². The number of nitro groups is 1. The fourth-order valence-corrected chi connectivity index (χ4v) is 2.75. The summed E-state index contributed by atoms with van der Waals surface area (Å²) >= 11 is 6.17. The van der Waals surface area contributed by atoms with E-state index in [-0.39, 0.29) is 11.5 Å². The summed E-state index contributed by atoms with van der Waals surface area (Å²) < 4.78 is 11.5. The third-order valence-electron chi connectivity index (χ3n) is 3.98. The molecule has 30 heavy (non-hydrogen) atoms. The molecule has 1 heterocycles. The van der Waals surface area contributed by atoms with Gasteiger partial charge in [0, 0.05) is 22.8 Å². The lowest BCUT2D eigenvalue weighted by Crippen LogP contribution is -2.01. The number of rotatable bonds is 9. The van der Waals surface area contributed by atoms with Crippen molar-refractivity contribution in [2.75, 3.05) is 12.0 Å². The maximum Gasteiger partial charge on any atom is 0.313 e. The summed E-state index contributed by atoms with van der Waals surface area (Å²) in [6.45, 7) is 2.64. The van der Waals surface area contributed by atoms with Crippen LogP contribution in [0, 0.1) is 10.1 Å². The molecule has 0 radical (unpaired) electrons. The van der Waals surface area contributed by atoms with Gasteiger partial charge < -0.3 is 9.47 Å². The van der Waals surface area contributed by atoms with Crippen molar-refractivity contribution in [3.63, 3.8) is 0 Å². The van der Waals surface area contributed by atoms with Gasteiger partial charge in [0.15, 0.2) is 11.5 Å². The van der Waals surface area contributed by atoms with Crippen LogP contribution in [0.15, 0.2) is 65.9 Å². The van der Waals surface area contributed by atoms with Crippen LogP contribution in [-0.4, -0.2) is 22.7 Å². The summed E-state index contributed by atoms with van der Waals surface area (Å²) in [5.41, 5.74) is 4.02. The van der Waals surface area contributed by atoms with Gasteiger partial charge in [-0.1, -0.05) is 29.8 Å². The Morgan fingerprint density at radius 2 is 2.00 bits per heavy atom. The smallest absolute Gasteiger partial charge is 0.313 e. The molecule has 0 spiro atoms. The lowest BCUT2D eigenvalue weighted by Gasteiger charge is -2.13. The minimum absolute atomic E-state index is 0.0588. The molecular formula is C21H19ClN4O4. The van der Waals surface area contributed by atoms with Crippen molar-refractivity contribution in [2.24, 2.45) is 5.10 Å². The molecule has 0 bridgehead atoms. The highest BCUT2D eigenvalue weighted by Crippen LogP contribution is 2.29. The van der Waals surface area contributed by atoms with Crippen molar-refractivity contribution in [1.82, 2.24) is 4.98 Å². The zero-order valence-electron chi connectivity index (χ0n) is 16.1. The molecule has 3 rings (SSSR count). The molecule has 0 unspecified atom stereocenters. The molecule has 0 amide bonds. The van der Waals surface area contributed by atoms with E-state index in [9.17, 15) is 10.1 Å². The van der Waals surface area contributed by atoms with Gasteiger partial charge in [-0.2, -0.15) is 5.10 Å². The minimum atomic E-state index is -0.525. The quantitative estimate of drug-likeness (QED) is 0.291. The van der Waals surface area contributed by atoms with Crippen LogP contribution in [0.4, 0.5) is 11.5 Å². The molecule has 0 aliphatic carbocycles. The first-order chi connectivity index (χ1) is 14.6. The summed E-state index contributed by atoms with van der Waals surface area (Å²) in [5, 5.41) is 15.7. The third kappa shape index (κ3) is 5.45. The second-order valence-corrected chi connectivity index (χ2v) is 6.42. The van der Waals surface area contributed by atoms with Crippen molar-refractivity contribution in [2.45, 2.75) is 13.5 Å². The molecule has 0 saturated carbocycles. The van der Waals surface area contributed by atoms with Gasteiger partial charge in [-0.3, -0.25) is 15.5 Å². The number of benzene rings is 2. The van der Waals surface area contributed by atoms with Crippen LogP contribution in [0.3, 0.4) is 0 Å². The Hall–Kier alpha value is -3.65. The zero-order chi connectivity index (χ0) is 21.3. The van der Waals surface area contributed by atoms with E-state index in [1.165, 1.54) is 24.5 Å². The maximum absolute atomic E-state index is 11.0. The van der Waals surface area contributed by atoms with Crippen LogP contribution >= 0.6 is 11.6 Å². The van der Waals surface area contributed by atoms with Crippen molar-refractivity contribution < 1.29 is 14.4 Å². The number of aromatic nitrogens is 1. The van der Waals surface area contributed by atoms with Crippen molar-refractivity contribution in [1.29, 1.82) is 0 Å². The highest BCUT2D eigenvalue weighted by atomic mass is 35.5. The minimum Gasteiger partial charge on any atom is -0.490 e. The first kappa shape index (κ1) is 21.1. The molecule has 3 aromatic rings. The lowest BCUT2D eigenvalue weighted by molar-refractivity contribution is -0.384. The number of halogens is 1. The van der Waals surface area contributed by atoms with Crippen molar-refractivity contribution >= 4 is 29.3 Å². The van der Waals surface area contributed by atoms with E-state index in [2.05, 4.69) is 15.5 Å². The van der Waals surface area contributed by atoms with Crippen molar-refractivity contribution in [3.8, 4) is 11.5 Å². The van der Waals surface area contributed by atoms with Crippen LogP contribution in [0.2, 0.25) is 5.02 Å². The number of hydrogen-bond donors (Lipinski definition) is 1. The predicted molar refractivity (Wildman–Crippen MR) is 116 cm³/mol. The number of nitrogens with one attached hydrogen (secondary N) is 1. The number of hydrazone groups is 1. The predicted octanol–water partition coefficient (Wildman–Crippen LogP) is 5.07. The van der Waals surface area contributed by atoms with Gasteiger partial charge in [-0.05, 0) is 42.8 Å². The molecule has 154 valence electrons. The molecule has 0 aliphatic heterocycles. The second kappa shape index (κ2) is 10.2. The Kier molecular flexibility index (Phi) is 7.18. The Morgan fingerprint density at radius 1 is 1.17 bits per heavy atom. The van der Waals surface area contributed by atoms with Crippen LogP contribution in [-0.2, 0) is 6.61 Å². The Balaban J connectivity index is 1.72. The Bertz CT molecular complexity index is 1060. The highest BCUT2D eigenvalue weighted by molar-refractivity contribution is 6.31. The largest absolute Gasteiger partial charge is 0.490 e. The topological polar surface area (TPSA) is 98.9 Å². The summed E-state index contributed by atoms with van der Waals surface area (Å²) in [6.07, 6.45) is 2.96. The third-order valence-corrected chi connectivity index (χ3v) is 4.34. The number of hydrogen-bond acceptors (Lipinski definition) is 7. The molecule has 0 saturated heterocycles. The average molecular weight is 427 g/mol. The highest BCUT2D eigenvalue weighted by Gasteiger charge is 2.13. The van der Waals surface area contributed by atoms with Gasteiger partial charge >= 0.3 is 5.69 Å². The molecule has 0 aliphatic rings. The molecule has 0 fully saturated rings. The Morgan fingerprint density at radius 3 is 2.77 bits per heavy atom. The molecular weight excluding hydrogens is 408 g/mol. The monoisotopic (exact) mass is 426 g/mol. The molecule has 1 aromatic heterocycles. The van der Waals surface area contributed by atoms with E-state index in [0.29, 0.717) is 29.7 Å². The maximum atomic E-state index is 11.0. The van der Waals surface area contributed by atoms with E-state index >= 15 is 0 Å². The van der Waals surface area contributed by atoms with Gasteiger partial charge in [0.1, 0.15) is 6.61 Å². The fraction of sp³-hybridized carbons (Fsp3) is 0.143. The van der Waals surface area contributed by atoms with E-state index in [1.807, 2.05) is 31.2 Å².